The van der Waals surface area contributed by atoms with Gasteiger partial charge in [-0.15, -0.1) is 0 Å². The number of hydrogen-bond acceptors (Lipinski definition) is 2. The summed E-state index contributed by atoms with van der Waals surface area (Å²) in [6, 6.07) is 8.89. The van der Waals surface area contributed by atoms with Crippen molar-refractivity contribution < 1.29 is 23.1 Å². The van der Waals surface area contributed by atoms with E-state index >= 15 is 0 Å². The van der Waals surface area contributed by atoms with E-state index in [1.807, 2.05) is 20.8 Å². The third kappa shape index (κ3) is 3.24. The third-order valence-electron chi connectivity index (χ3n) is 3.90. The van der Waals surface area contributed by atoms with Gasteiger partial charge >= 0.3 is 6.18 Å². The highest BCUT2D eigenvalue weighted by Crippen LogP contribution is 2.39. The average molecular weight is 324 g/mol. The first-order chi connectivity index (χ1) is 10.3. The molecule has 5 heteroatoms. The van der Waals surface area contributed by atoms with Crippen molar-refractivity contribution in [3.63, 3.8) is 0 Å². The second kappa shape index (κ2) is 5.34. The number of fused-ring (bicyclic) bond motifs is 1. The van der Waals surface area contributed by atoms with Crippen LogP contribution in [-0.2, 0) is 5.60 Å². The Morgan fingerprint density at radius 2 is 1.43 bits per heavy atom. The largest absolute Gasteiger partial charge is 0.421 e. The highest BCUT2D eigenvalue weighted by atomic mass is 19.4. The minimum Gasteiger partial charge on any atom is -0.376 e. The quantitative estimate of drug-likeness (QED) is 0.803. The van der Waals surface area contributed by atoms with Crippen LogP contribution in [0.3, 0.4) is 0 Å². The zero-order valence-corrected chi connectivity index (χ0v) is 13.5. The number of aliphatic hydroxyl groups is 1. The van der Waals surface area contributed by atoms with E-state index in [0.717, 1.165) is 6.92 Å². The lowest BCUT2D eigenvalue weighted by molar-refractivity contribution is -0.258. The Bertz CT molecular complexity index is 753. The summed E-state index contributed by atoms with van der Waals surface area (Å²) in [5, 5.41) is 10.9. The normalized spacial score (nSPS) is 15.5. The molecule has 2 aromatic rings. The fourth-order valence-corrected chi connectivity index (χ4v) is 2.29. The van der Waals surface area contributed by atoms with E-state index in [-0.39, 0.29) is 11.3 Å². The Hall–Kier alpha value is -1.88. The van der Waals surface area contributed by atoms with Gasteiger partial charge in [-0.1, -0.05) is 45.0 Å². The molecule has 23 heavy (non-hydrogen) atoms. The van der Waals surface area contributed by atoms with E-state index in [4.69, 9.17) is 0 Å². The van der Waals surface area contributed by atoms with Gasteiger partial charge in [0.2, 0.25) is 0 Å². The van der Waals surface area contributed by atoms with E-state index in [0.29, 0.717) is 16.3 Å². The van der Waals surface area contributed by atoms with Crippen LogP contribution in [0.25, 0.3) is 10.8 Å². The zero-order valence-electron chi connectivity index (χ0n) is 13.5. The lowest BCUT2D eigenvalue weighted by Gasteiger charge is -2.27. The van der Waals surface area contributed by atoms with Gasteiger partial charge in [0.15, 0.2) is 11.4 Å². The molecule has 0 amide bonds. The van der Waals surface area contributed by atoms with Crippen LogP contribution in [0.5, 0.6) is 0 Å². The summed E-state index contributed by atoms with van der Waals surface area (Å²) < 4.78 is 38.8. The van der Waals surface area contributed by atoms with Crippen LogP contribution in [-0.4, -0.2) is 17.1 Å². The molecule has 0 aliphatic carbocycles. The third-order valence-corrected chi connectivity index (χ3v) is 3.90. The number of halogens is 3. The number of Topliss-reactive ketones (excluding diaryl/α,β-unsaturated/α-hetero) is 1. The molecule has 0 radical (unpaired) electrons. The molecule has 2 rings (SSSR count). The predicted octanol–water partition coefficient (Wildman–Crippen LogP) is 4.84. The summed E-state index contributed by atoms with van der Waals surface area (Å²) in [5.41, 5.74) is -3.16. The fourth-order valence-electron chi connectivity index (χ4n) is 2.29. The molecular formula is C18H19F3O2. The molecule has 1 atom stereocenters. The monoisotopic (exact) mass is 324 g/mol. The van der Waals surface area contributed by atoms with E-state index in [1.54, 1.807) is 18.2 Å². The Kier molecular flexibility index (Phi) is 4.06. The summed E-state index contributed by atoms with van der Waals surface area (Å²) in [5.74, 6) is -0.0363. The van der Waals surface area contributed by atoms with Crippen molar-refractivity contribution in [2.24, 2.45) is 5.41 Å². The topological polar surface area (TPSA) is 37.3 Å². The van der Waals surface area contributed by atoms with Crippen molar-refractivity contribution in [3.05, 3.63) is 47.5 Å². The van der Waals surface area contributed by atoms with Crippen LogP contribution in [0.15, 0.2) is 36.4 Å². The average Bonchev–Trinajstić information content (AvgIpc) is 2.43. The van der Waals surface area contributed by atoms with E-state index in [1.165, 1.54) is 18.2 Å². The minimum absolute atomic E-state index is 0.0363. The van der Waals surface area contributed by atoms with Gasteiger partial charge in [-0.25, -0.2) is 0 Å². The predicted molar refractivity (Wildman–Crippen MR) is 83.4 cm³/mol. The van der Waals surface area contributed by atoms with Crippen LogP contribution in [0.4, 0.5) is 13.2 Å². The molecule has 124 valence electrons. The van der Waals surface area contributed by atoms with Gasteiger partial charge in [0.05, 0.1) is 0 Å². The van der Waals surface area contributed by atoms with Crippen molar-refractivity contribution in [2.75, 3.05) is 0 Å². The van der Waals surface area contributed by atoms with Gasteiger partial charge in [-0.05, 0) is 35.4 Å². The van der Waals surface area contributed by atoms with Crippen LogP contribution in [0, 0.1) is 5.41 Å². The van der Waals surface area contributed by atoms with Crippen LogP contribution < -0.4 is 0 Å². The summed E-state index contributed by atoms with van der Waals surface area (Å²) in [4.78, 5) is 12.3. The minimum atomic E-state index is -4.76. The van der Waals surface area contributed by atoms with E-state index in [2.05, 4.69) is 0 Å². The molecule has 2 nitrogen and oxygen atoms in total. The van der Waals surface area contributed by atoms with Crippen LogP contribution >= 0.6 is 0 Å². The molecule has 1 unspecified atom stereocenters. The smallest absolute Gasteiger partial charge is 0.376 e. The van der Waals surface area contributed by atoms with Gasteiger partial charge in [0, 0.05) is 11.0 Å². The van der Waals surface area contributed by atoms with Crippen molar-refractivity contribution >= 4 is 16.6 Å². The van der Waals surface area contributed by atoms with Crippen molar-refractivity contribution in [1.82, 2.24) is 0 Å². The standard InChI is InChI=1S/C18H19F3O2/c1-16(2,3)15(22)13-6-5-12-10-14(8-7-11(12)9-13)17(4,23)18(19,20)21/h5-10,23H,1-4H3. The number of hydrogen-bond donors (Lipinski definition) is 1. The molecule has 0 fully saturated rings. The van der Waals surface area contributed by atoms with Crippen molar-refractivity contribution in [2.45, 2.75) is 39.5 Å². The molecule has 0 aliphatic heterocycles. The number of benzene rings is 2. The maximum absolute atomic E-state index is 12.9. The van der Waals surface area contributed by atoms with Gasteiger partial charge in [0.25, 0.3) is 0 Å². The molecule has 0 saturated carbocycles. The highest BCUT2D eigenvalue weighted by molar-refractivity contribution is 6.02. The van der Waals surface area contributed by atoms with Crippen LogP contribution in [0.2, 0.25) is 0 Å². The molecule has 0 aliphatic rings. The molecule has 2 aromatic carbocycles. The SMILES string of the molecule is CC(C)(C)C(=O)c1ccc2cc(C(C)(O)C(F)(F)F)ccc2c1. The highest BCUT2D eigenvalue weighted by Gasteiger charge is 2.51. The Morgan fingerprint density at radius 3 is 1.96 bits per heavy atom. The first-order valence-electron chi connectivity index (χ1n) is 7.22. The van der Waals surface area contributed by atoms with Gasteiger partial charge < -0.3 is 5.11 Å². The first-order valence-corrected chi connectivity index (χ1v) is 7.22. The lowest BCUT2D eigenvalue weighted by Crippen LogP contribution is -2.39. The summed E-state index contributed by atoms with van der Waals surface area (Å²) in [7, 11) is 0. The number of carbonyl (C=O) groups excluding carboxylic acids is 1. The van der Waals surface area contributed by atoms with E-state index in [9.17, 15) is 23.1 Å². The molecule has 0 saturated heterocycles. The molecule has 1 N–H and O–H groups in total. The molecular weight excluding hydrogens is 305 g/mol. The molecule has 0 spiro atoms. The molecule has 0 heterocycles. The second-order valence-electron chi connectivity index (χ2n) is 6.93. The maximum Gasteiger partial charge on any atom is 0.421 e. The second-order valence-corrected chi connectivity index (χ2v) is 6.93. The van der Waals surface area contributed by atoms with Gasteiger partial charge in [-0.2, -0.15) is 13.2 Å². The van der Waals surface area contributed by atoms with Crippen molar-refractivity contribution in [3.8, 4) is 0 Å². The Balaban J connectivity index is 2.50. The lowest BCUT2D eigenvalue weighted by atomic mass is 9.85. The number of ketones is 1. The summed E-state index contributed by atoms with van der Waals surface area (Å²) in [6.45, 7) is 6.15. The number of carbonyl (C=O) groups is 1. The molecule has 0 aromatic heterocycles. The van der Waals surface area contributed by atoms with Gasteiger partial charge in [-0.3, -0.25) is 4.79 Å². The fraction of sp³-hybridized carbons (Fsp3) is 0.389. The zero-order chi connectivity index (χ0) is 17.6. The first kappa shape index (κ1) is 17.5. The van der Waals surface area contributed by atoms with Crippen LogP contribution in [0.1, 0.15) is 43.6 Å². The Morgan fingerprint density at radius 1 is 0.913 bits per heavy atom. The number of alkyl halides is 3. The Labute approximate surface area is 132 Å². The summed E-state index contributed by atoms with van der Waals surface area (Å²) >= 11 is 0. The maximum atomic E-state index is 12.9. The number of rotatable bonds is 2. The van der Waals surface area contributed by atoms with E-state index < -0.39 is 17.2 Å². The molecule has 0 bridgehead atoms. The van der Waals surface area contributed by atoms with Gasteiger partial charge in [0.1, 0.15) is 0 Å². The van der Waals surface area contributed by atoms with Crippen molar-refractivity contribution in [1.29, 1.82) is 0 Å². The summed E-state index contributed by atoms with van der Waals surface area (Å²) in [6.07, 6.45) is -4.76.